The van der Waals surface area contributed by atoms with Crippen molar-refractivity contribution in [2.45, 2.75) is 59.5 Å². The Kier molecular flexibility index (Phi) is 5.66. The summed E-state index contributed by atoms with van der Waals surface area (Å²) in [4.78, 5) is 0. The second-order valence-corrected chi connectivity index (χ2v) is 8.95. The van der Waals surface area contributed by atoms with Gasteiger partial charge in [-0.15, -0.1) is 0 Å². The molecule has 0 N–H and O–H groups in total. The smallest absolute Gasteiger partial charge is 0.369 e. The predicted molar refractivity (Wildman–Crippen MR) is 89.7 cm³/mol. The summed E-state index contributed by atoms with van der Waals surface area (Å²) in [7, 11) is -2.35. The predicted octanol–water partition coefficient (Wildman–Crippen LogP) is 3.46. The number of fused-ring (bicyclic) bond motifs is 1. The standard InChI is InChI=1S/C17H28O4Si/c1-6-11-17(4)18-13-14-12-15(9-10-16(14)21-17)22(5,19-7-2)20-8-3/h9-10,12H,6-8,11,13H2,1-5H3. The van der Waals surface area contributed by atoms with Crippen molar-refractivity contribution in [1.82, 2.24) is 0 Å². The van der Waals surface area contributed by atoms with Crippen molar-refractivity contribution in [2.75, 3.05) is 13.2 Å². The van der Waals surface area contributed by atoms with Crippen LogP contribution in [0.25, 0.3) is 0 Å². The van der Waals surface area contributed by atoms with Crippen LogP contribution in [0.2, 0.25) is 6.55 Å². The van der Waals surface area contributed by atoms with Gasteiger partial charge in [-0.05, 0) is 44.1 Å². The van der Waals surface area contributed by atoms with Crippen LogP contribution in [-0.4, -0.2) is 27.6 Å². The zero-order chi connectivity index (χ0) is 16.2. The lowest BCUT2D eigenvalue weighted by molar-refractivity contribution is -0.197. The van der Waals surface area contributed by atoms with Crippen molar-refractivity contribution in [3.8, 4) is 5.75 Å². The highest BCUT2D eigenvalue weighted by Gasteiger charge is 2.36. The molecule has 0 aromatic heterocycles. The van der Waals surface area contributed by atoms with Crippen molar-refractivity contribution in [3.05, 3.63) is 23.8 Å². The average molecular weight is 324 g/mol. The van der Waals surface area contributed by atoms with Crippen molar-refractivity contribution in [2.24, 2.45) is 0 Å². The summed E-state index contributed by atoms with van der Waals surface area (Å²) >= 11 is 0. The summed E-state index contributed by atoms with van der Waals surface area (Å²) in [6, 6.07) is 6.23. The van der Waals surface area contributed by atoms with Crippen LogP contribution in [0, 0.1) is 0 Å². The Hall–Kier alpha value is -0.883. The Labute approximate surface area is 135 Å². The Morgan fingerprint density at radius 1 is 1.18 bits per heavy atom. The SMILES string of the molecule is CCCC1(C)OCc2cc([Si](C)(OCC)OCC)ccc2O1. The van der Waals surface area contributed by atoms with Crippen LogP contribution in [0.1, 0.15) is 46.1 Å². The number of rotatable bonds is 7. The molecule has 2 rings (SSSR count). The summed E-state index contributed by atoms with van der Waals surface area (Å²) in [5.74, 6) is 0.402. The molecular weight excluding hydrogens is 296 g/mol. The van der Waals surface area contributed by atoms with Crippen molar-refractivity contribution in [3.63, 3.8) is 0 Å². The van der Waals surface area contributed by atoms with Gasteiger partial charge >= 0.3 is 8.56 Å². The molecule has 1 atom stereocenters. The van der Waals surface area contributed by atoms with E-state index in [4.69, 9.17) is 18.3 Å². The van der Waals surface area contributed by atoms with E-state index < -0.39 is 14.3 Å². The molecule has 0 spiro atoms. The third-order valence-corrected chi connectivity index (χ3v) is 7.03. The summed E-state index contributed by atoms with van der Waals surface area (Å²) < 4.78 is 23.9. The molecule has 0 radical (unpaired) electrons. The van der Waals surface area contributed by atoms with E-state index in [1.54, 1.807) is 0 Å². The fourth-order valence-corrected chi connectivity index (χ4v) is 5.24. The third kappa shape index (κ3) is 3.71. The largest absolute Gasteiger partial charge is 0.462 e. The van der Waals surface area contributed by atoms with Gasteiger partial charge in [-0.25, -0.2) is 0 Å². The van der Waals surface area contributed by atoms with Gasteiger partial charge in [0.1, 0.15) is 5.75 Å². The molecule has 4 nitrogen and oxygen atoms in total. The van der Waals surface area contributed by atoms with Crippen LogP contribution in [0.5, 0.6) is 5.75 Å². The minimum absolute atomic E-state index is 0.510. The molecule has 0 aliphatic carbocycles. The number of hydrogen-bond donors (Lipinski definition) is 0. The molecule has 0 saturated carbocycles. The Balaban J connectivity index is 2.26. The fraction of sp³-hybridized carbons (Fsp3) is 0.647. The fourth-order valence-electron chi connectivity index (χ4n) is 2.90. The Bertz CT molecular complexity index is 499. The lowest BCUT2D eigenvalue weighted by Gasteiger charge is -2.36. The Morgan fingerprint density at radius 3 is 2.45 bits per heavy atom. The highest BCUT2D eigenvalue weighted by molar-refractivity contribution is 6.80. The summed E-state index contributed by atoms with van der Waals surface area (Å²) in [5.41, 5.74) is 1.07. The molecule has 1 unspecified atom stereocenters. The summed E-state index contributed by atoms with van der Waals surface area (Å²) in [6.45, 7) is 12.1. The van der Waals surface area contributed by atoms with Crippen LogP contribution in [0.3, 0.4) is 0 Å². The van der Waals surface area contributed by atoms with Crippen LogP contribution >= 0.6 is 0 Å². The van der Waals surface area contributed by atoms with Gasteiger partial charge in [0.15, 0.2) is 0 Å². The van der Waals surface area contributed by atoms with E-state index in [-0.39, 0.29) is 0 Å². The molecule has 1 aromatic carbocycles. The van der Waals surface area contributed by atoms with Gasteiger partial charge in [-0.1, -0.05) is 13.0 Å². The summed E-state index contributed by atoms with van der Waals surface area (Å²) in [6.07, 6.45) is 1.92. The maximum absolute atomic E-state index is 6.06. The van der Waals surface area contributed by atoms with E-state index in [0.717, 1.165) is 29.3 Å². The zero-order valence-corrected chi connectivity index (χ0v) is 15.4. The molecule has 0 fully saturated rings. The molecule has 1 aliphatic heterocycles. The highest BCUT2D eigenvalue weighted by Crippen LogP contribution is 2.33. The highest BCUT2D eigenvalue weighted by atomic mass is 28.4. The molecule has 0 saturated heterocycles. The first-order chi connectivity index (χ1) is 10.5. The molecule has 0 amide bonds. The van der Waals surface area contributed by atoms with Gasteiger partial charge in [-0.3, -0.25) is 0 Å². The average Bonchev–Trinajstić information content (AvgIpc) is 2.47. The monoisotopic (exact) mass is 324 g/mol. The first kappa shape index (κ1) is 17.5. The van der Waals surface area contributed by atoms with Crippen molar-refractivity contribution in [1.29, 1.82) is 0 Å². The third-order valence-electron chi connectivity index (χ3n) is 3.99. The maximum Gasteiger partial charge on any atom is 0.369 e. The van der Waals surface area contributed by atoms with Crippen LogP contribution in [-0.2, 0) is 20.2 Å². The maximum atomic E-state index is 6.06. The van der Waals surface area contributed by atoms with Gasteiger partial charge < -0.3 is 18.3 Å². The topological polar surface area (TPSA) is 36.9 Å². The van der Waals surface area contributed by atoms with E-state index in [0.29, 0.717) is 19.8 Å². The van der Waals surface area contributed by atoms with E-state index in [9.17, 15) is 0 Å². The van der Waals surface area contributed by atoms with Crippen molar-refractivity contribution < 1.29 is 18.3 Å². The van der Waals surface area contributed by atoms with Gasteiger partial charge in [0.05, 0.1) is 6.61 Å². The number of benzene rings is 1. The summed E-state index contributed by atoms with van der Waals surface area (Å²) in [5, 5.41) is 1.13. The van der Waals surface area contributed by atoms with Crippen LogP contribution in [0.4, 0.5) is 0 Å². The van der Waals surface area contributed by atoms with Crippen LogP contribution in [0.15, 0.2) is 18.2 Å². The second-order valence-electron chi connectivity index (χ2n) is 5.91. The van der Waals surface area contributed by atoms with Gasteiger partial charge in [-0.2, -0.15) is 0 Å². The first-order valence-corrected chi connectivity index (χ1v) is 10.5. The van der Waals surface area contributed by atoms with Crippen LogP contribution < -0.4 is 9.92 Å². The minimum atomic E-state index is -2.35. The molecule has 0 bridgehead atoms. The van der Waals surface area contributed by atoms with Crippen molar-refractivity contribution >= 4 is 13.7 Å². The molecule has 1 aromatic rings. The molecule has 124 valence electrons. The molecule has 5 heteroatoms. The number of ether oxygens (including phenoxy) is 2. The van der Waals surface area contributed by atoms with E-state index in [2.05, 4.69) is 25.6 Å². The normalized spacial score (nSPS) is 21.3. The lowest BCUT2D eigenvalue weighted by atomic mass is 10.1. The minimum Gasteiger partial charge on any atom is -0.462 e. The Morgan fingerprint density at radius 2 is 1.86 bits per heavy atom. The molecular formula is C17H28O4Si. The van der Waals surface area contributed by atoms with E-state index in [1.165, 1.54) is 0 Å². The quantitative estimate of drug-likeness (QED) is 0.720. The molecule has 1 aliphatic rings. The number of hydrogen-bond acceptors (Lipinski definition) is 4. The molecule has 1 heterocycles. The first-order valence-electron chi connectivity index (χ1n) is 8.20. The molecule has 22 heavy (non-hydrogen) atoms. The second kappa shape index (κ2) is 7.13. The van der Waals surface area contributed by atoms with E-state index in [1.807, 2.05) is 26.8 Å². The zero-order valence-electron chi connectivity index (χ0n) is 14.4. The lowest BCUT2D eigenvalue weighted by Crippen LogP contribution is -2.51. The van der Waals surface area contributed by atoms with Gasteiger partial charge in [0, 0.05) is 32.1 Å². The van der Waals surface area contributed by atoms with E-state index >= 15 is 0 Å². The van der Waals surface area contributed by atoms with Gasteiger partial charge in [0.25, 0.3) is 0 Å². The van der Waals surface area contributed by atoms with Gasteiger partial charge in [0.2, 0.25) is 5.79 Å².